The Bertz CT molecular complexity index is 294. The van der Waals surface area contributed by atoms with Gasteiger partial charge in [0.05, 0.1) is 12.7 Å². The molecule has 0 radical (unpaired) electrons. The predicted octanol–water partition coefficient (Wildman–Crippen LogP) is 4.11. The molecule has 0 aliphatic carbocycles. The molecule has 0 amide bonds. The molecule has 15 heavy (non-hydrogen) atoms. The molecule has 0 heterocycles. The van der Waals surface area contributed by atoms with Crippen LogP contribution < -0.4 is 0 Å². The minimum atomic E-state index is 0.294. The van der Waals surface area contributed by atoms with Gasteiger partial charge < -0.3 is 4.74 Å². The fourth-order valence-electron chi connectivity index (χ4n) is 1.25. The van der Waals surface area contributed by atoms with Gasteiger partial charge in [-0.2, -0.15) is 0 Å². The Morgan fingerprint density at radius 1 is 1.13 bits per heavy atom. The second kappa shape index (κ2) is 6.19. The smallest absolute Gasteiger partial charge is 0.0731 e. The highest BCUT2D eigenvalue weighted by atomic mass is 32.2. The van der Waals surface area contributed by atoms with E-state index in [0.717, 1.165) is 0 Å². The van der Waals surface area contributed by atoms with Crippen LogP contribution in [0.4, 0.5) is 0 Å². The molecule has 0 aliphatic heterocycles. The first kappa shape index (κ1) is 12.6. The van der Waals surface area contributed by atoms with E-state index in [-0.39, 0.29) is 0 Å². The summed E-state index contributed by atoms with van der Waals surface area (Å²) in [7, 11) is 0. The maximum atomic E-state index is 5.64. The Balaban J connectivity index is 2.68. The molecule has 0 unspecified atom stereocenters. The zero-order valence-electron chi connectivity index (χ0n) is 9.99. The van der Waals surface area contributed by atoms with Gasteiger partial charge in [0.1, 0.15) is 0 Å². The highest BCUT2D eigenvalue weighted by Crippen LogP contribution is 2.27. The third-order valence-corrected chi connectivity index (χ3v) is 3.03. The molecule has 0 N–H and O–H groups in total. The lowest BCUT2D eigenvalue weighted by Gasteiger charge is -2.13. The van der Waals surface area contributed by atoms with E-state index in [1.54, 1.807) is 0 Å². The first-order valence-electron chi connectivity index (χ1n) is 5.45. The standard InChI is InChI=1S/C13H20OS/c1-10(2)14-9-12-7-5-6-8-13(12)15-11(3)4/h5-8,10-11H,9H2,1-4H3. The van der Waals surface area contributed by atoms with Crippen LogP contribution in [-0.2, 0) is 11.3 Å². The van der Waals surface area contributed by atoms with Gasteiger partial charge in [0, 0.05) is 10.1 Å². The number of ether oxygens (including phenoxy) is 1. The Morgan fingerprint density at radius 2 is 1.80 bits per heavy atom. The zero-order valence-corrected chi connectivity index (χ0v) is 10.8. The second-order valence-electron chi connectivity index (χ2n) is 4.13. The molecule has 1 aromatic rings. The maximum absolute atomic E-state index is 5.64. The summed E-state index contributed by atoms with van der Waals surface area (Å²) in [6.45, 7) is 9.28. The number of thioether (sulfide) groups is 1. The monoisotopic (exact) mass is 224 g/mol. The van der Waals surface area contributed by atoms with E-state index in [9.17, 15) is 0 Å². The number of benzene rings is 1. The number of hydrogen-bond donors (Lipinski definition) is 0. The maximum Gasteiger partial charge on any atom is 0.0731 e. The summed E-state index contributed by atoms with van der Waals surface area (Å²) < 4.78 is 5.64. The fourth-order valence-corrected chi connectivity index (χ4v) is 2.19. The Morgan fingerprint density at radius 3 is 2.40 bits per heavy atom. The largest absolute Gasteiger partial charge is 0.374 e. The van der Waals surface area contributed by atoms with E-state index in [1.807, 2.05) is 11.8 Å². The Labute approximate surface area is 97.2 Å². The third-order valence-electron chi connectivity index (χ3n) is 1.91. The van der Waals surface area contributed by atoms with E-state index in [2.05, 4.69) is 52.0 Å². The van der Waals surface area contributed by atoms with Crippen molar-refractivity contribution in [3.63, 3.8) is 0 Å². The highest BCUT2D eigenvalue weighted by molar-refractivity contribution is 8.00. The molecular formula is C13H20OS. The van der Waals surface area contributed by atoms with Crippen molar-refractivity contribution in [2.24, 2.45) is 0 Å². The van der Waals surface area contributed by atoms with Gasteiger partial charge in [0.15, 0.2) is 0 Å². The van der Waals surface area contributed by atoms with E-state index < -0.39 is 0 Å². The van der Waals surface area contributed by atoms with Crippen molar-refractivity contribution in [2.45, 2.75) is 50.6 Å². The molecular weight excluding hydrogens is 204 g/mol. The lowest BCUT2D eigenvalue weighted by atomic mass is 10.2. The molecule has 0 saturated heterocycles. The summed E-state index contributed by atoms with van der Waals surface area (Å²) in [6.07, 6.45) is 0.294. The van der Waals surface area contributed by atoms with Gasteiger partial charge in [-0.3, -0.25) is 0 Å². The molecule has 84 valence electrons. The zero-order chi connectivity index (χ0) is 11.3. The molecule has 1 nitrogen and oxygen atoms in total. The Kier molecular flexibility index (Phi) is 5.20. The van der Waals surface area contributed by atoms with Crippen LogP contribution in [0.5, 0.6) is 0 Å². The summed E-state index contributed by atoms with van der Waals surface area (Å²) in [5, 5.41) is 0.616. The quantitative estimate of drug-likeness (QED) is 0.696. The van der Waals surface area contributed by atoms with Crippen molar-refractivity contribution >= 4 is 11.8 Å². The summed E-state index contributed by atoms with van der Waals surface area (Å²) in [5.74, 6) is 0. The number of rotatable bonds is 5. The third kappa shape index (κ3) is 4.72. The highest BCUT2D eigenvalue weighted by Gasteiger charge is 2.05. The van der Waals surface area contributed by atoms with Crippen LogP contribution in [0.1, 0.15) is 33.3 Å². The normalized spacial score (nSPS) is 11.3. The fraction of sp³-hybridized carbons (Fsp3) is 0.538. The van der Waals surface area contributed by atoms with Crippen LogP contribution in [0.25, 0.3) is 0 Å². The number of hydrogen-bond acceptors (Lipinski definition) is 2. The summed E-state index contributed by atoms with van der Waals surface area (Å²) in [5.41, 5.74) is 1.30. The van der Waals surface area contributed by atoms with Crippen molar-refractivity contribution in [3.05, 3.63) is 29.8 Å². The second-order valence-corrected chi connectivity index (χ2v) is 5.75. The van der Waals surface area contributed by atoms with Crippen molar-refractivity contribution in [1.82, 2.24) is 0 Å². The summed E-state index contributed by atoms with van der Waals surface area (Å²) >= 11 is 1.90. The van der Waals surface area contributed by atoms with Gasteiger partial charge in [-0.1, -0.05) is 32.0 Å². The molecule has 0 spiro atoms. The van der Waals surface area contributed by atoms with Crippen molar-refractivity contribution in [1.29, 1.82) is 0 Å². The van der Waals surface area contributed by atoms with Gasteiger partial charge in [-0.25, -0.2) is 0 Å². The van der Waals surface area contributed by atoms with Crippen LogP contribution in [0, 0.1) is 0 Å². The van der Waals surface area contributed by atoms with Crippen LogP contribution in [-0.4, -0.2) is 11.4 Å². The van der Waals surface area contributed by atoms with E-state index in [4.69, 9.17) is 4.74 Å². The lowest BCUT2D eigenvalue weighted by molar-refractivity contribution is 0.0644. The molecule has 0 fully saturated rings. The van der Waals surface area contributed by atoms with Crippen molar-refractivity contribution < 1.29 is 4.74 Å². The van der Waals surface area contributed by atoms with Gasteiger partial charge in [0.25, 0.3) is 0 Å². The molecule has 2 heteroatoms. The van der Waals surface area contributed by atoms with E-state index >= 15 is 0 Å². The van der Waals surface area contributed by atoms with Gasteiger partial charge >= 0.3 is 0 Å². The molecule has 1 aromatic carbocycles. The Hall–Kier alpha value is -0.470. The van der Waals surface area contributed by atoms with E-state index in [0.29, 0.717) is 18.0 Å². The van der Waals surface area contributed by atoms with Crippen LogP contribution in [0.3, 0.4) is 0 Å². The summed E-state index contributed by atoms with van der Waals surface area (Å²) in [6, 6.07) is 8.48. The lowest BCUT2D eigenvalue weighted by Crippen LogP contribution is -2.03. The molecule has 0 atom stereocenters. The average molecular weight is 224 g/mol. The van der Waals surface area contributed by atoms with Gasteiger partial charge in [-0.15, -0.1) is 11.8 Å². The molecule has 0 aliphatic rings. The van der Waals surface area contributed by atoms with Gasteiger partial charge in [0.2, 0.25) is 0 Å². The topological polar surface area (TPSA) is 9.23 Å². The molecule has 0 saturated carbocycles. The van der Waals surface area contributed by atoms with Crippen molar-refractivity contribution in [3.8, 4) is 0 Å². The molecule has 0 aromatic heterocycles. The average Bonchev–Trinajstić information content (AvgIpc) is 2.15. The van der Waals surface area contributed by atoms with Crippen LogP contribution >= 0.6 is 11.8 Å². The first-order chi connectivity index (χ1) is 7.09. The van der Waals surface area contributed by atoms with Crippen LogP contribution in [0.15, 0.2) is 29.2 Å². The minimum absolute atomic E-state index is 0.294. The summed E-state index contributed by atoms with van der Waals surface area (Å²) in [4.78, 5) is 1.34. The van der Waals surface area contributed by atoms with Gasteiger partial charge in [-0.05, 0) is 25.5 Å². The molecule has 1 rings (SSSR count). The predicted molar refractivity (Wildman–Crippen MR) is 67.4 cm³/mol. The minimum Gasteiger partial charge on any atom is -0.374 e. The van der Waals surface area contributed by atoms with Crippen molar-refractivity contribution in [2.75, 3.05) is 0 Å². The van der Waals surface area contributed by atoms with E-state index in [1.165, 1.54) is 10.5 Å². The molecule has 0 bridgehead atoms. The first-order valence-corrected chi connectivity index (χ1v) is 6.33. The SMILES string of the molecule is CC(C)OCc1ccccc1SC(C)C. The van der Waals surface area contributed by atoms with Crippen LogP contribution in [0.2, 0.25) is 0 Å².